The zero-order valence-electron chi connectivity index (χ0n) is 34.1. The molecule has 4 heteroatoms. The third-order valence-corrected chi connectivity index (χ3v) is 15.0. The molecule has 290 valence electrons. The Morgan fingerprint density at radius 1 is 0.266 bits per heavy atom. The number of nitrogens with zero attached hydrogens (tertiary/aromatic N) is 2. The summed E-state index contributed by atoms with van der Waals surface area (Å²) in [4.78, 5) is 19.4. The molecule has 64 heavy (non-hydrogen) atoms. The van der Waals surface area contributed by atoms with E-state index in [0.717, 1.165) is 44.1 Å². The van der Waals surface area contributed by atoms with Crippen LogP contribution in [-0.4, -0.2) is 19.9 Å². The van der Waals surface area contributed by atoms with Crippen LogP contribution in [0.3, 0.4) is 0 Å². The standard InChI is InChI=1S/C60H30N4/c1-9-29-10-2-18-34-49(29)33(17-1)53-41-25-43-55-35-19-3-11-30-12-5-21-37(50(30)35)57(55)45(62-43)27-47-59-39-23-7-15-32-16-8-24-40(52(32)39)60(59)48(64-47)28-46-58-38-22-6-14-31-13-4-20-36(51(31)38)56(58)44(63-46)26-42(61-41)54(34)53/h1-28,61,64H. The van der Waals surface area contributed by atoms with E-state index in [0.29, 0.717) is 0 Å². The SMILES string of the molecule is c1cc2c3c(cccc3c1)-c1c-2c2cc3nc(cc4[nH]c(cc5nc(cc1[nH]2)c1c2cccc6cccc(c5=1)c62)c1c4-c2cccc4cccc-1c24)c1c2cccc4cccc(c3=1)c42. The van der Waals surface area contributed by atoms with Crippen molar-refractivity contribution in [2.45, 2.75) is 0 Å². The van der Waals surface area contributed by atoms with Crippen molar-refractivity contribution in [2.75, 3.05) is 0 Å². The van der Waals surface area contributed by atoms with E-state index < -0.39 is 0 Å². The fraction of sp³-hybridized carbons (Fsp3) is 0. The molecule has 0 spiro atoms. The lowest BCUT2D eigenvalue weighted by Gasteiger charge is -2.02. The van der Waals surface area contributed by atoms with Crippen molar-refractivity contribution in [1.82, 2.24) is 19.9 Å². The molecular weight excluding hydrogens is 777 g/mol. The summed E-state index contributed by atoms with van der Waals surface area (Å²) in [5, 5.41) is 19.9. The number of hydrogen-bond acceptors (Lipinski definition) is 2. The Kier molecular flexibility index (Phi) is 5.47. The van der Waals surface area contributed by atoms with Gasteiger partial charge in [0.2, 0.25) is 0 Å². The van der Waals surface area contributed by atoms with E-state index in [1.807, 2.05) is 0 Å². The van der Waals surface area contributed by atoms with Gasteiger partial charge in [-0.05, 0) is 111 Å². The van der Waals surface area contributed by atoms with Crippen LogP contribution in [0.4, 0.5) is 0 Å². The van der Waals surface area contributed by atoms with Crippen molar-refractivity contribution in [1.29, 1.82) is 0 Å². The molecule has 4 aliphatic carbocycles. The van der Waals surface area contributed by atoms with E-state index in [-0.39, 0.29) is 0 Å². The van der Waals surface area contributed by atoms with Gasteiger partial charge >= 0.3 is 0 Å². The van der Waals surface area contributed by atoms with Gasteiger partial charge in [-0.1, -0.05) is 146 Å². The summed E-state index contributed by atoms with van der Waals surface area (Å²) in [7, 11) is 0. The monoisotopic (exact) mass is 806 g/mol. The minimum atomic E-state index is 0.966. The minimum Gasteiger partial charge on any atom is -0.354 e. The number of H-pyrrole nitrogens is 2. The van der Waals surface area contributed by atoms with E-state index in [9.17, 15) is 0 Å². The second-order valence-electron chi connectivity index (χ2n) is 18.1. The predicted octanol–water partition coefficient (Wildman–Crippen LogP) is 15.4. The van der Waals surface area contributed by atoms with Crippen LogP contribution in [0.15, 0.2) is 170 Å². The van der Waals surface area contributed by atoms with Crippen molar-refractivity contribution in [3.8, 4) is 44.5 Å². The predicted molar refractivity (Wildman–Crippen MR) is 265 cm³/mol. The van der Waals surface area contributed by atoms with Crippen LogP contribution < -0.4 is 0 Å². The molecule has 11 aromatic rings. The highest BCUT2D eigenvalue weighted by molar-refractivity contribution is 6.25. The first kappa shape index (κ1) is 32.2. The average molecular weight is 807 g/mol. The maximum Gasteiger partial charge on any atom is 0.0743 e. The van der Waals surface area contributed by atoms with Gasteiger partial charge in [0.15, 0.2) is 0 Å². The van der Waals surface area contributed by atoms with Gasteiger partial charge in [0.1, 0.15) is 0 Å². The lowest BCUT2D eigenvalue weighted by Crippen LogP contribution is -1.79. The number of hydrogen-bond donors (Lipinski definition) is 2. The smallest absolute Gasteiger partial charge is 0.0743 e. The molecular formula is C60H30N4. The first-order chi connectivity index (χ1) is 31.7. The molecule has 2 N–H and O–H groups in total. The Balaban J connectivity index is 1.17. The fourth-order valence-corrected chi connectivity index (χ4v) is 12.7. The lowest BCUT2D eigenvalue weighted by molar-refractivity contribution is 1.49. The van der Waals surface area contributed by atoms with Crippen LogP contribution in [0.2, 0.25) is 0 Å². The Bertz CT molecular complexity index is 4310. The molecule has 5 heterocycles. The van der Waals surface area contributed by atoms with Crippen LogP contribution in [0.25, 0.3) is 153 Å². The summed E-state index contributed by atoms with van der Waals surface area (Å²) in [6, 6.07) is 63.1. The highest BCUT2D eigenvalue weighted by Gasteiger charge is 2.29. The second-order valence-corrected chi connectivity index (χ2v) is 18.1. The summed E-state index contributed by atoms with van der Waals surface area (Å²) in [5.74, 6) is 0. The zero-order chi connectivity index (χ0) is 41.1. The van der Waals surface area contributed by atoms with Crippen LogP contribution in [-0.2, 0) is 0 Å². The van der Waals surface area contributed by atoms with E-state index >= 15 is 0 Å². The highest BCUT2D eigenvalue weighted by atomic mass is 14.8. The summed E-state index contributed by atoms with van der Waals surface area (Å²) in [6.45, 7) is 0. The molecule has 0 unspecified atom stereocenters. The number of nitrogens with one attached hydrogen (secondary N) is 2. The fourth-order valence-electron chi connectivity index (χ4n) is 12.7. The summed E-state index contributed by atoms with van der Waals surface area (Å²) >= 11 is 0. The number of aromatic nitrogens is 4. The van der Waals surface area contributed by atoms with Gasteiger partial charge in [-0.25, -0.2) is 9.97 Å². The summed E-state index contributed by atoms with van der Waals surface area (Å²) < 4.78 is 0. The van der Waals surface area contributed by atoms with Crippen molar-refractivity contribution < 1.29 is 0 Å². The molecule has 0 saturated carbocycles. The average Bonchev–Trinajstić information content (AvgIpc) is 4.21. The first-order valence-corrected chi connectivity index (χ1v) is 22.2. The molecule has 0 radical (unpaired) electrons. The van der Waals surface area contributed by atoms with Crippen LogP contribution in [0.5, 0.6) is 0 Å². The molecule has 8 bridgehead atoms. The Morgan fingerprint density at radius 2 is 0.516 bits per heavy atom. The van der Waals surface area contributed by atoms with Crippen molar-refractivity contribution in [3.63, 3.8) is 0 Å². The topological polar surface area (TPSA) is 57.4 Å². The Hall–Kier alpha value is -8.60. The van der Waals surface area contributed by atoms with Gasteiger partial charge in [-0.3, -0.25) is 0 Å². The van der Waals surface area contributed by atoms with Crippen molar-refractivity contribution >= 4 is 109 Å². The molecule has 0 atom stereocenters. The van der Waals surface area contributed by atoms with Crippen LogP contribution >= 0.6 is 0 Å². The quantitative estimate of drug-likeness (QED) is 0.160. The maximum atomic E-state index is 5.69. The van der Waals surface area contributed by atoms with Crippen LogP contribution in [0, 0.1) is 20.9 Å². The molecule has 0 saturated heterocycles. The van der Waals surface area contributed by atoms with E-state index in [1.165, 1.54) is 130 Å². The second kappa shape index (κ2) is 10.9. The van der Waals surface area contributed by atoms with E-state index in [1.54, 1.807) is 0 Å². The highest BCUT2D eigenvalue weighted by Crippen LogP contribution is 2.53. The molecule has 3 aromatic heterocycles. The molecule has 8 aromatic carbocycles. The lowest BCUT2D eigenvalue weighted by atomic mass is 10.0. The molecule has 2 aliphatic heterocycles. The third kappa shape index (κ3) is 3.69. The van der Waals surface area contributed by atoms with Gasteiger partial charge in [0.05, 0.1) is 22.1 Å². The zero-order valence-corrected chi connectivity index (χ0v) is 34.1. The van der Waals surface area contributed by atoms with Crippen molar-refractivity contribution in [3.05, 3.63) is 191 Å². The number of rotatable bonds is 0. The summed E-state index contributed by atoms with van der Waals surface area (Å²) in [6.07, 6.45) is 0. The maximum absolute atomic E-state index is 5.69. The molecule has 0 fully saturated rings. The molecule has 4 nitrogen and oxygen atoms in total. The van der Waals surface area contributed by atoms with E-state index in [2.05, 4.69) is 180 Å². The number of fused-ring (bicyclic) bond motifs is 26. The Morgan fingerprint density at radius 3 is 0.797 bits per heavy atom. The third-order valence-electron chi connectivity index (χ3n) is 15.0. The minimum absolute atomic E-state index is 0.966. The molecule has 6 aliphatic rings. The number of benzene rings is 8. The largest absolute Gasteiger partial charge is 0.354 e. The normalized spacial score (nSPS) is 13.0. The summed E-state index contributed by atoms with van der Waals surface area (Å²) in [5.41, 5.74) is 17.9. The van der Waals surface area contributed by atoms with Gasteiger partial charge in [0, 0.05) is 65.2 Å². The molecule has 17 rings (SSSR count). The van der Waals surface area contributed by atoms with Gasteiger partial charge in [-0.15, -0.1) is 0 Å². The Labute approximate surface area is 362 Å². The van der Waals surface area contributed by atoms with Gasteiger partial charge in [-0.2, -0.15) is 0 Å². The van der Waals surface area contributed by atoms with Gasteiger partial charge < -0.3 is 9.97 Å². The van der Waals surface area contributed by atoms with Crippen molar-refractivity contribution in [2.24, 2.45) is 0 Å². The van der Waals surface area contributed by atoms with E-state index in [4.69, 9.17) is 9.97 Å². The molecule has 0 amide bonds. The van der Waals surface area contributed by atoms with Crippen LogP contribution in [0.1, 0.15) is 0 Å². The van der Waals surface area contributed by atoms with Gasteiger partial charge in [0.25, 0.3) is 0 Å². The number of aromatic amines is 2. The first-order valence-electron chi connectivity index (χ1n) is 22.2.